The molecule has 0 N–H and O–H groups in total. The van der Waals surface area contributed by atoms with Crippen LogP contribution in [0.2, 0.25) is 0 Å². The molecule has 1 aromatic heterocycles. The van der Waals surface area contributed by atoms with Gasteiger partial charge in [0.15, 0.2) is 0 Å². The van der Waals surface area contributed by atoms with E-state index in [1.54, 1.807) is 12.4 Å². The summed E-state index contributed by atoms with van der Waals surface area (Å²) < 4.78 is 24.5. The molecule has 0 amide bonds. The van der Waals surface area contributed by atoms with Crippen LogP contribution in [0.15, 0.2) is 35.1 Å². The van der Waals surface area contributed by atoms with Gasteiger partial charge in [-0.1, -0.05) is 20.8 Å². The van der Waals surface area contributed by atoms with E-state index in [-0.39, 0.29) is 5.92 Å². The van der Waals surface area contributed by atoms with Gasteiger partial charge in [0.1, 0.15) is 0 Å². The van der Waals surface area contributed by atoms with Crippen LogP contribution in [0.1, 0.15) is 38.7 Å². The Bertz CT molecular complexity index is 336. The molecule has 0 aromatic carbocycles. The van der Waals surface area contributed by atoms with Crippen molar-refractivity contribution >= 4 is 15.9 Å². The first-order valence-corrected chi connectivity index (χ1v) is 6.00. The second-order valence-corrected chi connectivity index (χ2v) is 3.98. The molecule has 1 rings (SSSR count). The van der Waals surface area contributed by atoms with Crippen LogP contribution in [0.25, 0.3) is 0 Å². The number of aromatic nitrogens is 1. The molecule has 1 nitrogen and oxygen atoms in total. The van der Waals surface area contributed by atoms with Gasteiger partial charge in [-0.25, -0.2) is 0 Å². The first kappa shape index (κ1) is 15.2. The van der Waals surface area contributed by atoms with E-state index in [0.717, 1.165) is 16.1 Å². The van der Waals surface area contributed by atoms with Crippen molar-refractivity contribution in [2.45, 2.75) is 33.1 Å². The zero-order valence-corrected chi connectivity index (χ0v) is 11.3. The maximum atomic E-state index is 11.8. The minimum Gasteiger partial charge on any atom is -0.263 e. The largest absolute Gasteiger partial charge is 0.266 e. The molecule has 0 bridgehead atoms. The van der Waals surface area contributed by atoms with Crippen molar-refractivity contribution in [1.82, 2.24) is 4.98 Å². The number of rotatable bonds is 3. The predicted octanol–water partition coefficient (Wildman–Crippen LogP) is 5.14. The number of halogens is 3. The standard InChI is InChI=1S/C10H10BrF2N.C2H6/c1-7(2-3-10(12)13)8-4-9(11)6-14-5-8;1-2/h3-7H,2H2,1H3;1-2H3. The van der Waals surface area contributed by atoms with Crippen LogP contribution in [-0.2, 0) is 0 Å². The van der Waals surface area contributed by atoms with Crippen molar-refractivity contribution in [1.29, 1.82) is 0 Å². The van der Waals surface area contributed by atoms with Crippen molar-refractivity contribution in [3.8, 4) is 0 Å². The third kappa shape index (κ3) is 5.95. The Morgan fingerprint density at radius 2 is 2.06 bits per heavy atom. The lowest BCUT2D eigenvalue weighted by molar-refractivity contribution is 0.416. The molecule has 0 spiro atoms. The second-order valence-electron chi connectivity index (χ2n) is 3.07. The molecule has 90 valence electrons. The summed E-state index contributed by atoms with van der Waals surface area (Å²) in [4.78, 5) is 3.98. The van der Waals surface area contributed by atoms with Gasteiger partial charge < -0.3 is 0 Å². The van der Waals surface area contributed by atoms with Crippen LogP contribution in [0.5, 0.6) is 0 Å². The van der Waals surface area contributed by atoms with E-state index in [9.17, 15) is 8.78 Å². The first-order chi connectivity index (χ1) is 7.59. The van der Waals surface area contributed by atoms with Gasteiger partial charge in [0, 0.05) is 16.9 Å². The Kier molecular flexibility index (Phi) is 7.99. The monoisotopic (exact) mass is 291 g/mol. The van der Waals surface area contributed by atoms with E-state index in [2.05, 4.69) is 20.9 Å². The smallest absolute Gasteiger partial charge is 0.263 e. The van der Waals surface area contributed by atoms with Crippen LogP contribution in [0, 0.1) is 0 Å². The van der Waals surface area contributed by atoms with Crippen LogP contribution >= 0.6 is 15.9 Å². The van der Waals surface area contributed by atoms with E-state index in [4.69, 9.17) is 0 Å². The molecule has 0 aliphatic heterocycles. The van der Waals surface area contributed by atoms with Crippen LogP contribution < -0.4 is 0 Å². The van der Waals surface area contributed by atoms with Crippen molar-refractivity contribution in [2.75, 3.05) is 0 Å². The van der Waals surface area contributed by atoms with Gasteiger partial charge in [0.25, 0.3) is 6.08 Å². The normalized spacial score (nSPS) is 11.1. The summed E-state index contributed by atoms with van der Waals surface area (Å²) in [6.07, 6.45) is 3.01. The van der Waals surface area contributed by atoms with Crippen molar-refractivity contribution < 1.29 is 8.78 Å². The number of nitrogens with zero attached hydrogens (tertiary/aromatic N) is 1. The minimum absolute atomic E-state index is 0.0569. The highest BCUT2D eigenvalue weighted by Crippen LogP contribution is 2.22. The second kappa shape index (κ2) is 8.39. The fourth-order valence-electron chi connectivity index (χ4n) is 1.10. The molecule has 0 fully saturated rings. The molecule has 0 aliphatic rings. The fraction of sp³-hybridized carbons (Fsp3) is 0.417. The highest BCUT2D eigenvalue weighted by molar-refractivity contribution is 9.10. The lowest BCUT2D eigenvalue weighted by atomic mass is 10.00. The summed E-state index contributed by atoms with van der Waals surface area (Å²) in [5.41, 5.74) is 0.955. The Labute approximate surface area is 104 Å². The molecule has 1 unspecified atom stereocenters. The summed E-state index contributed by atoms with van der Waals surface area (Å²) in [6.45, 7) is 5.89. The summed E-state index contributed by atoms with van der Waals surface area (Å²) in [6, 6.07) is 1.89. The van der Waals surface area contributed by atoms with Gasteiger partial charge in [0.2, 0.25) is 0 Å². The van der Waals surface area contributed by atoms with Crippen LogP contribution in [-0.4, -0.2) is 4.98 Å². The first-order valence-electron chi connectivity index (χ1n) is 5.21. The van der Waals surface area contributed by atoms with Gasteiger partial charge in [0.05, 0.1) is 0 Å². The quantitative estimate of drug-likeness (QED) is 0.751. The summed E-state index contributed by atoms with van der Waals surface area (Å²) >= 11 is 3.28. The van der Waals surface area contributed by atoms with Crippen LogP contribution in [0.4, 0.5) is 8.78 Å². The summed E-state index contributed by atoms with van der Waals surface area (Å²) in [5, 5.41) is 0. The average Bonchev–Trinajstić information content (AvgIpc) is 2.28. The third-order valence-electron chi connectivity index (χ3n) is 1.92. The van der Waals surface area contributed by atoms with E-state index >= 15 is 0 Å². The Morgan fingerprint density at radius 1 is 1.44 bits per heavy atom. The molecule has 1 atom stereocenters. The van der Waals surface area contributed by atoms with E-state index in [1.807, 2.05) is 26.8 Å². The Balaban J connectivity index is 0.00000106. The number of hydrogen-bond acceptors (Lipinski definition) is 1. The van der Waals surface area contributed by atoms with Gasteiger partial charge in [-0.05, 0) is 46.0 Å². The summed E-state index contributed by atoms with van der Waals surface area (Å²) in [5.74, 6) is 0.0569. The zero-order chi connectivity index (χ0) is 12.6. The topological polar surface area (TPSA) is 12.9 Å². The molecule has 1 aromatic rings. The van der Waals surface area contributed by atoms with E-state index in [0.29, 0.717) is 6.42 Å². The number of pyridine rings is 1. The van der Waals surface area contributed by atoms with Crippen molar-refractivity contribution in [3.63, 3.8) is 0 Å². The molecule has 0 saturated heterocycles. The van der Waals surface area contributed by atoms with Gasteiger partial charge in [-0.15, -0.1) is 0 Å². The maximum Gasteiger partial charge on any atom is 0.266 e. The van der Waals surface area contributed by atoms with E-state index < -0.39 is 6.08 Å². The molecule has 4 heteroatoms. The van der Waals surface area contributed by atoms with Gasteiger partial charge in [-0.2, -0.15) is 8.78 Å². The van der Waals surface area contributed by atoms with Crippen molar-refractivity contribution in [2.24, 2.45) is 0 Å². The third-order valence-corrected chi connectivity index (χ3v) is 2.35. The predicted molar refractivity (Wildman–Crippen MR) is 66.6 cm³/mol. The molecule has 0 saturated carbocycles. The van der Waals surface area contributed by atoms with Crippen molar-refractivity contribution in [3.05, 3.63) is 40.7 Å². The zero-order valence-electron chi connectivity index (χ0n) is 9.67. The highest BCUT2D eigenvalue weighted by Gasteiger charge is 2.05. The lowest BCUT2D eigenvalue weighted by Crippen LogP contribution is -1.92. The van der Waals surface area contributed by atoms with Crippen LogP contribution in [0.3, 0.4) is 0 Å². The van der Waals surface area contributed by atoms with E-state index in [1.165, 1.54) is 0 Å². The number of hydrogen-bond donors (Lipinski definition) is 0. The fourth-order valence-corrected chi connectivity index (χ4v) is 1.48. The van der Waals surface area contributed by atoms with Gasteiger partial charge >= 0.3 is 0 Å². The summed E-state index contributed by atoms with van der Waals surface area (Å²) in [7, 11) is 0. The molecule has 0 radical (unpaired) electrons. The Hall–Kier alpha value is -0.770. The molecular formula is C12H16BrF2N. The molecule has 16 heavy (non-hydrogen) atoms. The van der Waals surface area contributed by atoms with Gasteiger partial charge in [-0.3, -0.25) is 4.98 Å². The molecule has 0 aliphatic carbocycles. The maximum absolute atomic E-state index is 11.8. The molecule has 1 heterocycles. The molecular weight excluding hydrogens is 276 g/mol. The SMILES string of the molecule is CC.CC(CC=C(F)F)c1cncc(Br)c1. The average molecular weight is 292 g/mol. The highest BCUT2D eigenvalue weighted by atomic mass is 79.9. The number of allylic oxidation sites excluding steroid dienone is 1. The Morgan fingerprint density at radius 3 is 2.56 bits per heavy atom. The minimum atomic E-state index is -1.63. The lowest BCUT2D eigenvalue weighted by Gasteiger charge is -2.08.